The van der Waals surface area contributed by atoms with Crippen LogP contribution in [-0.2, 0) is 24.0 Å². The van der Waals surface area contributed by atoms with Crippen molar-refractivity contribution >= 4 is 29.7 Å². The monoisotopic (exact) mass is 400 g/mol. The molecule has 3 unspecified atom stereocenters. The van der Waals surface area contributed by atoms with Crippen molar-refractivity contribution in [1.82, 2.24) is 15.5 Å². The van der Waals surface area contributed by atoms with E-state index in [4.69, 9.17) is 10.8 Å². The second-order valence-electron chi connectivity index (χ2n) is 7.20. The lowest BCUT2D eigenvalue weighted by molar-refractivity contribution is -0.149. The topological polar surface area (TPSA) is 179 Å². The van der Waals surface area contributed by atoms with Crippen LogP contribution in [0.4, 0.5) is 0 Å². The van der Waals surface area contributed by atoms with Crippen LogP contribution >= 0.6 is 0 Å². The van der Waals surface area contributed by atoms with Crippen molar-refractivity contribution in [3.63, 3.8) is 0 Å². The van der Waals surface area contributed by atoms with Crippen LogP contribution in [0.25, 0.3) is 0 Å². The molecule has 1 rings (SSSR count). The maximum Gasteiger partial charge on any atom is 0.326 e. The van der Waals surface area contributed by atoms with Crippen LogP contribution in [-0.4, -0.2) is 76.0 Å². The molecule has 11 nitrogen and oxygen atoms in total. The van der Waals surface area contributed by atoms with Gasteiger partial charge in [0.05, 0.1) is 19.0 Å². The molecule has 28 heavy (non-hydrogen) atoms. The first-order valence-electron chi connectivity index (χ1n) is 9.10. The Morgan fingerprint density at radius 3 is 2.36 bits per heavy atom. The number of carboxylic acid groups (broad SMARTS) is 2. The van der Waals surface area contributed by atoms with Gasteiger partial charge in [-0.15, -0.1) is 0 Å². The van der Waals surface area contributed by atoms with E-state index in [9.17, 15) is 29.1 Å². The SMILES string of the molecule is CC(C)CC(NC(=O)CNC(=O)C(N)CC(=O)O)C(=O)N1CCCC1C(=O)O. The summed E-state index contributed by atoms with van der Waals surface area (Å²) in [6, 6.07) is -3.12. The van der Waals surface area contributed by atoms with Crippen molar-refractivity contribution in [3.8, 4) is 0 Å². The number of likely N-dealkylation sites (tertiary alicyclic amines) is 1. The second kappa shape index (κ2) is 10.6. The minimum absolute atomic E-state index is 0.0544. The molecule has 1 heterocycles. The van der Waals surface area contributed by atoms with Crippen LogP contribution < -0.4 is 16.4 Å². The highest BCUT2D eigenvalue weighted by molar-refractivity contribution is 5.93. The molecule has 0 aromatic rings. The van der Waals surface area contributed by atoms with Gasteiger partial charge in [-0.25, -0.2) is 4.79 Å². The van der Waals surface area contributed by atoms with Gasteiger partial charge in [0.1, 0.15) is 12.1 Å². The first-order chi connectivity index (χ1) is 13.0. The van der Waals surface area contributed by atoms with Crippen LogP contribution in [0.1, 0.15) is 39.5 Å². The molecule has 3 amide bonds. The molecule has 11 heteroatoms. The minimum Gasteiger partial charge on any atom is -0.481 e. The molecule has 1 saturated heterocycles. The van der Waals surface area contributed by atoms with Crippen molar-refractivity contribution in [1.29, 1.82) is 0 Å². The van der Waals surface area contributed by atoms with E-state index in [1.807, 2.05) is 13.8 Å². The largest absolute Gasteiger partial charge is 0.481 e. The molecule has 0 saturated carbocycles. The number of hydrogen-bond acceptors (Lipinski definition) is 6. The summed E-state index contributed by atoms with van der Waals surface area (Å²) in [6.45, 7) is 3.55. The lowest BCUT2D eigenvalue weighted by Gasteiger charge is -2.28. The second-order valence-corrected chi connectivity index (χ2v) is 7.20. The molecule has 1 aliphatic heterocycles. The van der Waals surface area contributed by atoms with E-state index < -0.39 is 60.8 Å². The first-order valence-corrected chi connectivity index (χ1v) is 9.10. The summed E-state index contributed by atoms with van der Waals surface area (Å²) in [5, 5.41) is 22.6. The van der Waals surface area contributed by atoms with E-state index >= 15 is 0 Å². The van der Waals surface area contributed by atoms with E-state index in [0.717, 1.165) is 0 Å². The molecule has 0 aromatic carbocycles. The molecular formula is C17H28N4O7. The summed E-state index contributed by atoms with van der Waals surface area (Å²) in [6.07, 6.45) is 0.664. The number of nitrogens with two attached hydrogens (primary N) is 1. The van der Waals surface area contributed by atoms with Crippen molar-refractivity contribution in [2.75, 3.05) is 13.1 Å². The average molecular weight is 400 g/mol. The number of nitrogens with zero attached hydrogens (tertiary/aromatic N) is 1. The van der Waals surface area contributed by atoms with Gasteiger partial charge in [-0.3, -0.25) is 19.2 Å². The maximum atomic E-state index is 12.8. The van der Waals surface area contributed by atoms with Gasteiger partial charge in [0.2, 0.25) is 17.7 Å². The Bertz CT molecular complexity index is 623. The predicted octanol–water partition coefficient (Wildman–Crippen LogP) is -1.49. The summed E-state index contributed by atoms with van der Waals surface area (Å²) < 4.78 is 0. The van der Waals surface area contributed by atoms with E-state index in [1.165, 1.54) is 4.90 Å². The first kappa shape index (κ1) is 23.3. The predicted molar refractivity (Wildman–Crippen MR) is 97.0 cm³/mol. The Morgan fingerprint density at radius 2 is 1.82 bits per heavy atom. The number of nitrogens with one attached hydrogen (secondary N) is 2. The van der Waals surface area contributed by atoms with Crippen LogP contribution in [0.2, 0.25) is 0 Å². The van der Waals surface area contributed by atoms with E-state index in [0.29, 0.717) is 25.8 Å². The number of aliphatic carboxylic acids is 2. The van der Waals surface area contributed by atoms with Crippen LogP contribution in [0, 0.1) is 5.92 Å². The van der Waals surface area contributed by atoms with Gasteiger partial charge in [-0.1, -0.05) is 13.8 Å². The third kappa shape index (κ3) is 7.14. The van der Waals surface area contributed by atoms with E-state index in [-0.39, 0.29) is 5.92 Å². The molecule has 0 aromatic heterocycles. The highest BCUT2D eigenvalue weighted by Gasteiger charge is 2.37. The van der Waals surface area contributed by atoms with Gasteiger partial charge in [-0.05, 0) is 25.2 Å². The Morgan fingerprint density at radius 1 is 1.18 bits per heavy atom. The molecule has 0 aliphatic carbocycles. The van der Waals surface area contributed by atoms with Crippen molar-refractivity contribution < 1.29 is 34.2 Å². The van der Waals surface area contributed by atoms with Gasteiger partial charge in [-0.2, -0.15) is 0 Å². The third-order valence-corrected chi connectivity index (χ3v) is 4.32. The third-order valence-electron chi connectivity index (χ3n) is 4.32. The molecule has 1 aliphatic rings. The molecule has 3 atom stereocenters. The number of rotatable bonds is 10. The average Bonchev–Trinajstić information content (AvgIpc) is 3.07. The zero-order valence-corrected chi connectivity index (χ0v) is 16.0. The number of carbonyl (C=O) groups is 5. The van der Waals surface area contributed by atoms with Gasteiger partial charge >= 0.3 is 11.9 Å². The number of hydrogen-bond donors (Lipinski definition) is 5. The Labute approximate surface area is 162 Å². The summed E-state index contributed by atoms with van der Waals surface area (Å²) in [5.41, 5.74) is 5.41. The normalized spacial score (nSPS) is 18.4. The van der Waals surface area contributed by atoms with Crippen LogP contribution in [0.5, 0.6) is 0 Å². The molecule has 0 radical (unpaired) electrons. The standard InChI is InChI=1S/C17H28N4O7/c1-9(2)6-11(16(26)21-5-3-4-12(21)17(27)28)20-13(22)8-19-15(25)10(18)7-14(23)24/h9-12H,3-8,18H2,1-2H3,(H,19,25)(H,20,22)(H,23,24)(H,27,28). The van der Waals surface area contributed by atoms with Gasteiger partial charge in [0.15, 0.2) is 0 Å². The highest BCUT2D eigenvalue weighted by atomic mass is 16.4. The fraction of sp³-hybridized carbons (Fsp3) is 0.706. The lowest BCUT2D eigenvalue weighted by atomic mass is 10.0. The lowest BCUT2D eigenvalue weighted by Crippen LogP contribution is -2.54. The zero-order chi connectivity index (χ0) is 21.4. The quantitative estimate of drug-likeness (QED) is 0.294. The van der Waals surface area contributed by atoms with Gasteiger partial charge < -0.3 is 31.5 Å². The van der Waals surface area contributed by atoms with Gasteiger partial charge in [0.25, 0.3) is 0 Å². The molecule has 0 bridgehead atoms. The number of carboxylic acids is 2. The minimum atomic E-state index is -1.29. The number of carbonyl (C=O) groups excluding carboxylic acids is 3. The number of amides is 3. The maximum absolute atomic E-state index is 12.8. The molecule has 0 spiro atoms. The van der Waals surface area contributed by atoms with Crippen LogP contribution in [0.15, 0.2) is 0 Å². The van der Waals surface area contributed by atoms with E-state index in [1.54, 1.807) is 0 Å². The van der Waals surface area contributed by atoms with Gasteiger partial charge in [0, 0.05) is 6.54 Å². The molecular weight excluding hydrogens is 372 g/mol. The molecule has 6 N–H and O–H groups in total. The fourth-order valence-electron chi connectivity index (χ4n) is 3.00. The fourth-order valence-corrected chi connectivity index (χ4v) is 3.00. The van der Waals surface area contributed by atoms with Crippen molar-refractivity contribution in [2.45, 2.75) is 57.7 Å². The van der Waals surface area contributed by atoms with Crippen molar-refractivity contribution in [2.24, 2.45) is 11.7 Å². The summed E-state index contributed by atoms with van der Waals surface area (Å²) in [5.74, 6) is -4.19. The smallest absolute Gasteiger partial charge is 0.326 e. The Balaban J connectivity index is 2.68. The summed E-state index contributed by atoms with van der Waals surface area (Å²) >= 11 is 0. The molecule has 1 fully saturated rings. The summed E-state index contributed by atoms with van der Waals surface area (Å²) in [4.78, 5) is 59.7. The zero-order valence-electron chi connectivity index (χ0n) is 16.0. The Kier molecular flexibility index (Phi) is 8.83. The van der Waals surface area contributed by atoms with E-state index in [2.05, 4.69) is 10.6 Å². The van der Waals surface area contributed by atoms with Crippen LogP contribution in [0.3, 0.4) is 0 Å². The Hall–Kier alpha value is -2.69. The van der Waals surface area contributed by atoms with Crippen molar-refractivity contribution in [3.05, 3.63) is 0 Å². The summed E-state index contributed by atoms with van der Waals surface area (Å²) in [7, 11) is 0. The highest BCUT2D eigenvalue weighted by Crippen LogP contribution is 2.20. The molecule has 158 valence electrons.